The molecule has 1 saturated heterocycles. The van der Waals surface area contributed by atoms with Crippen molar-refractivity contribution in [2.45, 2.75) is 26.2 Å². The molecule has 0 saturated carbocycles. The zero-order chi connectivity index (χ0) is 12.1. The molecule has 0 bridgehead atoms. The molecule has 1 fully saturated rings. The number of likely N-dealkylation sites (N-methyl/N-ethyl adjacent to an activating group) is 1. The van der Waals surface area contributed by atoms with E-state index in [1.807, 2.05) is 13.0 Å². The Morgan fingerprint density at radius 1 is 1.24 bits per heavy atom. The van der Waals surface area contributed by atoms with Crippen molar-refractivity contribution in [3.05, 3.63) is 17.5 Å². The van der Waals surface area contributed by atoms with Gasteiger partial charge in [0.15, 0.2) is 0 Å². The quantitative estimate of drug-likeness (QED) is 0.727. The standard InChI is InChI=1S/C13H23N3O/c1-12-11-13(14-17-12)5-3-4-6-16-9-7-15(2)8-10-16/h11H,3-10H2,1-2H3. The van der Waals surface area contributed by atoms with Gasteiger partial charge >= 0.3 is 0 Å². The summed E-state index contributed by atoms with van der Waals surface area (Å²) < 4.78 is 5.06. The Bertz CT molecular complexity index is 329. The number of unbranched alkanes of at least 4 members (excludes halogenated alkanes) is 1. The molecule has 1 aliphatic heterocycles. The van der Waals surface area contributed by atoms with E-state index in [1.165, 1.54) is 45.6 Å². The van der Waals surface area contributed by atoms with Crippen LogP contribution < -0.4 is 0 Å². The van der Waals surface area contributed by atoms with Gasteiger partial charge in [0, 0.05) is 32.2 Å². The molecule has 0 aromatic carbocycles. The van der Waals surface area contributed by atoms with Crippen molar-refractivity contribution in [1.82, 2.24) is 15.0 Å². The molecular formula is C13H23N3O. The first kappa shape index (κ1) is 12.6. The van der Waals surface area contributed by atoms with E-state index in [-0.39, 0.29) is 0 Å². The predicted octanol–water partition coefficient (Wildman–Crippen LogP) is 1.55. The second kappa shape index (κ2) is 6.17. The summed E-state index contributed by atoms with van der Waals surface area (Å²) in [5.74, 6) is 0.916. The molecule has 0 radical (unpaired) electrons. The van der Waals surface area contributed by atoms with Crippen molar-refractivity contribution in [3.8, 4) is 0 Å². The highest BCUT2D eigenvalue weighted by molar-refractivity contribution is 5.03. The summed E-state index contributed by atoms with van der Waals surface area (Å²) in [6.07, 6.45) is 3.51. The van der Waals surface area contributed by atoms with Crippen LogP contribution in [0.1, 0.15) is 24.3 Å². The van der Waals surface area contributed by atoms with Crippen LogP contribution in [0.25, 0.3) is 0 Å². The lowest BCUT2D eigenvalue weighted by atomic mass is 10.1. The Morgan fingerprint density at radius 2 is 2.00 bits per heavy atom. The van der Waals surface area contributed by atoms with Crippen molar-refractivity contribution in [1.29, 1.82) is 0 Å². The molecule has 4 nitrogen and oxygen atoms in total. The Kier molecular flexibility index (Phi) is 4.57. The molecule has 0 atom stereocenters. The molecule has 0 N–H and O–H groups in total. The highest BCUT2D eigenvalue weighted by Crippen LogP contribution is 2.07. The van der Waals surface area contributed by atoms with Gasteiger partial charge in [-0.1, -0.05) is 5.16 Å². The van der Waals surface area contributed by atoms with Crippen LogP contribution >= 0.6 is 0 Å². The van der Waals surface area contributed by atoms with Crippen LogP contribution in [-0.4, -0.2) is 54.7 Å². The van der Waals surface area contributed by atoms with E-state index in [0.717, 1.165) is 17.9 Å². The molecule has 0 amide bonds. The van der Waals surface area contributed by atoms with Crippen LogP contribution in [0.3, 0.4) is 0 Å². The van der Waals surface area contributed by atoms with E-state index in [4.69, 9.17) is 4.52 Å². The van der Waals surface area contributed by atoms with E-state index in [2.05, 4.69) is 22.0 Å². The smallest absolute Gasteiger partial charge is 0.133 e. The maximum absolute atomic E-state index is 5.06. The van der Waals surface area contributed by atoms with Gasteiger partial charge in [-0.15, -0.1) is 0 Å². The van der Waals surface area contributed by atoms with Crippen molar-refractivity contribution in [2.75, 3.05) is 39.8 Å². The molecule has 1 aromatic heterocycles. The van der Waals surface area contributed by atoms with E-state index in [0.29, 0.717) is 0 Å². The Morgan fingerprint density at radius 3 is 2.65 bits per heavy atom. The maximum Gasteiger partial charge on any atom is 0.133 e. The summed E-state index contributed by atoms with van der Waals surface area (Å²) in [5.41, 5.74) is 1.10. The fourth-order valence-electron chi connectivity index (χ4n) is 2.25. The maximum atomic E-state index is 5.06. The van der Waals surface area contributed by atoms with Crippen molar-refractivity contribution < 1.29 is 4.52 Å². The van der Waals surface area contributed by atoms with E-state index in [9.17, 15) is 0 Å². The lowest BCUT2D eigenvalue weighted by Gasteiger charge is -2.32. The molecule has 1 aliphatic rings. The van der Waals surface area contributed by atoms with Crippen LogP contribution in [0.5, 0.6) is 0 Å². The van der Waals surface area contributed by atoms with Gasteiger partial charge in [0.2, 0.25) is 0 Å². The number of hydrogen-bond donors (Lipinski definition) is 0. The molecule has 96 valence electrons. The third kappa shape index (κ3) is 4.13. The largest absolute Gasteiger partial charge is 0.361 e. The summed E-state index contributed by atoms with van der Waals surface area (Å²) in [4.78, 5) is 4.96. The van der Waals surface area contributed by atoms with Crippen LogP contribution in [0.4, 0.5) is 0 Å². The van der Waals surface area contributed by atoms with E-state index < -0.39 is 0 Å². The lowest BCUT2D eigenvalue weighted by molar-refractivity contribution is 0.152. The number of nitrogens with zero attached hydrogens (tertiary/aromatic N) is 3. The Hall–Kier alpha value is -0.870. The minimum absolute atomic E-state index is 0.916. The highest BCUT2D eigenvalue weighted by atomic mass is 16.5. The second-order valence-electron chi connectivity index (χ2n) is 5.03. The number of hydrogen-bond acceptors (Lipinski definition) is 4. The first-order valence-electron chi connectivity index (χ1n) is 6.57. The van der Waals surface area contributed by atoms with E-state index in [1.54, 1.807) is 0 Å². The Balaban J connectivity index is 1.57. The van der Waals surface area contributed by atoms with Crippen LogP contribution in [0, 0.1) is 6.92 Å². The molecule has 2 rings (SSSR count). The van der Waals surface area contributed by atoms with Gasteiger partial charge in [-0.05, 0) is 39.8 Å². The zero-order valence-electron chi connectivity index (χ0n) is 11.0. The third-order valence-corrected chi connectivity index (χ3v) is 3.43. The minimum Gasteiger partial charge on any atom is -0.361 e. The normalized spacial score (nSPS) is 18.7. The fraction of sp³-hybridized carbons (Fsp3) is 0.769. The average Bonchev–Trinajstić information content (AvgIpc) is 2.73. The summed E-state index contributed by atoms with van der Waals surface area (Å²) >= 11 is 0. The van der Waals surface area contributed by atoms with Crippen molar-refractivity contribution in [3.63, 3.8) is 0 Å². The molecule has 2 heterocycles. The molecule has 17 heavy (non-hydrogen) atoms. The lowest BCUT2D eigenvalue weighted by Crippen LogP contribution is -2.44. The summed E-state index contributed by atoms with van der Waals surface area (Å²) in [7, 11) is 2.20. The number of piperazine rings is 1. The van der Waals surface area contributed by atoms with Crippen LogP contribution in [0.2, 0.25) is 0 Å². The topological polar surface area (TPSA) is 32.5 Å². The number of aromatic nitrogens is 1. The zero-order valence-corrected chi connectivity index (χ0v) is 11.0. The van der Waals surface area contributed by atoms with Crippen LogP contribution in [-0.2, 0) is 6.42 Å². The Labute approximate surface area is 104 Å². The number of aryl methyl sites for hydroxylation is 2. The number of rotatable bonds is 5. The first-order chi connectivity index (χ1) is 8.24. The second-order valence-corrected chi connectivity index (χ2v) is 5.03. The molecule has 0 unspecified atom stereocenters. The summed E-state index contributed by atoms with van der Waals surface area (Å²) in [6.45, 7) is 8.04. The molecule has 0 aliphatic carbocycles. The fourth-order valence-corrected chi connectivity index (χ4v) is 2.25. The molecule has 4 heteroatoms. The van der Waals surface area contributed by atoms with Gasteiger partial charge in [0.05, 0.1) is 5.69 Å². The highest BCUT2D eigenvalue weighted by Gasteiger charge is 2.12. The van der Waals surface area contributed by atoms with Gasteiger partial charge in [-0.3, -0.25) is 0 Å². The molecular weight excluding hydrogens is 214 g/mol. The molecule has 1 aromatic rings. The predicted molar refractivity (Wildman–Crippen MR) is 68.1 cm³/mol. The third-order valence-electron chi connectivity index (χ3n) is 3.43. The SMILES string of the molecule is Cc1cc(CCCCN2CCN(C)CC2)no1. The average molecular weight is 237 g/mol. The van der Waals surface area contributed by atoms with Gasteiger partial charge in [0.1, 0.15) is 5.76 Å². The first-order valence-corrected chi connectivity index (χ1v) is 6.57. The summed E-state index contributed by atoms with van der Waals surface area (Å²) in [6, 6.07) is 2.04. The van der Waals surface area contributed by atoms with Crippen LogP contribution in [0.15, 0.2) is 10.6 Å². The van der Waals surface area contributed by atoms with Gasteiger partial charge < -0.3 is 14.3 Å². The minimum atomic E-state index is 0.916. The van der Waals surface area contributed by atoms with Gasteiger partial charge in [0.25, 0.3) is 0 Å². The molecule has 0 spiro atoms. The van der Waals surface area contributed by atoms with E-state index >= 15 is 0 Å². The van der Waals surface area contributed by atoms with Crippen molar-refractivity contribution >= 4 is 0 Å². The van der Waals surface area contributed by atoms with Crippen molar-refractivity contribution in [2.24, 2.45) is 0 Å². The summed E-state index contributed by atoms with van der Waals surface area (Å²) in [5, 5.41) is 4.01. The monoisotopic (exact) mass is 237 g/mol. The van der Waals surface area contributed by atoms with Gasteiger partial charge in [-0.2, -0.15) is 0 Å². The van der Waals surface area contributed by atoms with Gasteiger partial charge in [-0.25, -0.2) is 0 Å².